The van der Waals surface area contributed by atoms with E-state index in [1.165, 1.54) is 11.3 Å². The molecular weight excluding hydrogens is 296 g/mol. The van der Waals surface area contributed by atoms with Crippen LogP contribution >= 0.6 is 22.9 Å². The quantitative estimate of drug-likeness (QED) is 0.790. The number of aryl methyl sites for hydroxylation is 2. The largest absolute Gasteiger partial charge is 0.320 e. The molecule has 102 valence electrons. The zero-order chi connectivity index (χ0) is 14.3. The molecule has 0 aliphatic carbocycles. The Balaban J connectivity index is 1.88. The van der Waals surface area contributed by atoms with Gasteiger partial charge in [0.25, 0.3) is 5.91 Å². The fraction of sp³-hybridized carbons (Fsp3) is 0.154. The minimum absolute atomic E-state index is 0.272. The van der Waals surface area contributed by atoms with Crippen LogP contribution in [0.5, 0.6) is 0 Å². The number of carbonyl (C=O) groups is 1. The Morgan fingerprint density at radius 2 is 2.20 bits per heavy atom. The first kappa shape index (κ1) is 13.1. The van der Waals surface area contributed by atoms with Crippen molar-refractivity contribution in [3.63, 3.8) is 0 Å². The van der Waals surface area contributed by atoms with Crippen LogP contribution in [0, 0.1) is 13.8 Å². The predicted molar refractivity (Wildman–Crippen MR) is 79.7 cm³/mol. The van der Waals surface area contributed by atoms with E-state index in [1.807, 2.05) is 19.9 Å². The van der Waals surface area contributed by atoms with Crippen molar-refractivity contribution in [3.05, 3.63) is 45.7 Å². The smallest absolute Gasteiger partial charge is 0.275 e. The number of amides is 1. The highest BCUT2D eigenvalue weighted by molar-refractivity contribution is 7.16. The summed E-state index contributed by atoms with van der Waals surface area (Å²) in [6, 6.07) is 5.36. The fourth-order valence-corrected chi connectivity index (χ4v) is 2.72. The average molecular weight is 307 g/mol. The Morgan fingerprint density at radius 1 is 1.40 bits per heavy atom. The van der Waals surface area contributed by atoms with Gasteiger partial charge in [-0.25, -0.2) is 9.50 Å². The van der Waals surface area contributed by atoms with E-state index < -0.39 is 0 Å². The monoisotopic (exact) mass is 306 g/mol. The van der Waals surface area contributed by atoms with Gasteiger partial charge in [-0.05, 0) is 31.5 Å². The molecule has 0 spiro atoms. The van der Waals surface area contributed by atoms with Gasteiger partial charge in [0.05, 0.1) is 6.20 Å². The minimum atomic E-state index is -0.272. The first-order valence-corrected chi connectivity index (χ1v) is 7.13. The molecule has 5 nitrogen and oxygen atoms in total. The van der Waals surface area contributed by atoms with Crippen molar-refractivity contribution in [3.8, 4) is 0 Å². The molecular formula is C13H11ClN4OS. The summed E-state index contributed by atoms with van der Waals surface area (Å²) in [4.78, 5) is 17.1. The lowest BCUT2D eigenvalue weighted by molar-refractivity contribution is 0.102. The van der Waals surface area contributed by atoms with Gasteiger partial charge in [0.1, 0.15) is 10.7 Å². The number of rotatable bonds is 2. The summed E-state index contributed by atoms with van der Waals surface area (Å²) in [6.45, 7) is 3.80. The number of hydrogen-bond acceptors (Lipinski definition) is 4. The zero-order valence-corrected chi connectivity index (χ0v) is 12.4. The van der Waals surface area contributed by atoms with Crippen molar-refractivity contribution >= 4 is 39.5 Å². The lowest BCUT2D eigenvalue weighted by Gasteiger charge is -2.07. The fourth-order valence-electron chi connectivity index (χ4n) is 1.82. The third-order valence-electron chi connectivity index (χ3n) is 2.82. The van der Waals surface area contributed by atoms with Gasteiger partial charge in [-0.3, -0.25) is 4.79 Å². The van der Waals surface area contributed by atoms with Crippen LogP contribution in [0.1, 0.15) is 21.1 Å². The third kappa shape index (κ3) is 2.39. The highest BCUT2D eigenvalue weighted by Crippen LogP contribution is 2.21. The van der Waals surface area contributed by atoms with Crippen LogP contribution < -0.4 is 5.32 Å². The molecule has 3 rings (SSSR count). The second-order valence-electron chi connectivity index (χ2n) is 4.39. The summed E-state index contributed by atoms with van der Waals surface area (Å²) in [5.74, 6) is -0.272. The van der Waals surface area contributed by atoms with E-state index in [1.54, 1.807) is 22.8 Å². The highest BCUT2D eigenvalue weighted by Gasteiger charge is 2.14. The lowest BCUT2D eigenvalue weighted by atomic mass is 10.2. The van der Waals surface area contributed by atoms with Crippen LogP contribution in [0.25, 0.3) is 4.96 Å². The molecule has 0 fully saturated rings. The van der Waals surface area contributed by atoms with E-state index in [-0.39, 0.29) is 5.91 Å². The van der Waals surface area contributed by atoms with Gasteiger partial charge >= 0.3 is 0 Å². The predicted octanol–water partition coefficient (Wildman–Crippen LogP) is 3.31. The second-order valence-corrected chi connectivity index (χ2v) is 5.98. The SMILES string of the molecule is Cc1nn2cc(C(=O)Nc3cc(Cl)ccc3C)nc2s1. The van der Waals surface area contributed by atoms with Gasteiger partial charge in [0, 0.05) is 10.7 Å². The van der Waals surface area contributed by atoms with Gasteiger partial charge in [-0.2, -0.15) is 5.10 Å². The van der Waals surface area contributed by atoms with Gasteiger partial charge < -0.3 is 5.32 Å². The molecule has 0 radical (unpaired) electrons. The van der Waals surface area contributed by atoms with Crippen LogP contribution in [-0.4, -0.2) is 20.5 Å². The maximum atomic E-state index is 12.2. The summed E-state index contributed by atoms with van der Waals surface area (Å²) < 4.78 is 1.61. The Kier molecular flexibility index (Phi) is 3.19. The van der Waals surface area contributed by atoms with Crippen LogP contribution in [0.2, 0.25) is 5.02 Å². The Labute approximate surface area is 124 Å². The van der Waals surface area contributed by atoms with Crippen LogP contribution in [0.4, 0.5) is 5.69 Å². The number of benzene rings is 1. The number of carbonyl (C=O) groups excluding carboxylic acids is 1. The molecule has 1 aromatic carbocycles. The minimum Gasteiger partial charge on any atom is -0.320 e. The average Bonchev–Trinajstić information content (AvgIpc) is 2.91. The van der Waals surface area contributed by atoms with Gasteiger partial charge in [-0.15, -0.1) is 0 Å². The molecule has 0 aliphatic heterocycles. The third-order valence-corrected chi connectivity index (χ3v) is 3.90. The number of nitrogens with one attached hydrogen (secondary N) is 1. The van der Waals surface area contributed by atoms with Gasteiger partial charge in [0.2, 0.25) is 4.96 Å². The standard InChI is InChI=1S/C13H11ClN4OS/c1-7-3-4-9(14)5-10(7)15-12(19)11-6-18-13(16-11)20-8(2)17-18/h3-6H,1-2H3,(H,15,19). The van der Waals surface area contributed by atoms with Crippen LogP contribution in [0.15, 0.2) is 24.4 Å². The normalized spacial score (nSPS) is 10.9. The molecule has 0 aliphatic rings. The van der Waals surface area contributed by atoms with Crippen molar-refractivity contribution in [2.45, 2.75) is 13.8 Å². The molecule has 1 amide bonds. The number of nitrogens with zero attached hydrogens (tertiary/aromatic N) is 3. The van der Waals surface area contributed by atoms with Crippen LogP contribution in [-0.2, 0) is 0 Å². The summed E-state index contributed by atoms with van der Waals surface area (Å²) >= 11 is 7.37. The number of hydrogen-bond donors (Lipinski definition) is 1. The molecule has 0 saturated carbocycles. The summed E-state index contributed by atoms with van der Waals surface area (Å²) in [5.41, 5.74) is 1.96. The van der Waals surface area contributed by atoms with E-state index in [9.17, 15) is 4.79 Å². The first-order valence-electron chi connectivity index (χ1n) is 5.93. The number of halogens is 1. The number of fused-ring (bicyclic) bond motifs is 1. The molecule has 0 saturated heterocycles. The van der Waals surface area contributed by atoms with E-state index in [0.29, 0.717) is 21.4 Å². The molecule has 7 heteroatoms. The number of imidazole rings is 1. The lowest BCUT2D eigenvalue weighted by Crippen LogP contribution is -2.13. The molecule has 2 aromatic heterocycles. The van der Waals surface area contributed by atoms with Gasteiger partial charge in [0.15, 0.2) is 0 Å². The maximum Gasteiger partial charge on any atom is 0.275 e. The van der Waals surface area contributed by atoms with Crippen molar-refractivity contribution in [1.29, 1.82) is 0 Å². The van der Waals surface area contributed by atoms with E-state index >= 15 is 0 Å². The molecule has 20 heavy (non-hydrogen) atoms. The number of anilines is 1. The summed E-state index contributed by atoms with van der Waals surface area (Å²) in [7, 11) is 0. The second kappa shape index (κ2) is 4.88. The zero-order valence-electron chi connectivity index (χ0n) is 10.8. The first-order chi connectivity index (χ1) is 9.52. The maximum absolute atomic E-state index is 12.2. The van der Waals surface area contributed by atoms with E-state index in [0.717, 1.165) is 10.6 Å². The number of aromatic nitrogens is 3. The summed E-state index contributed by atoms with van der Waals surface area (Å²) in [6.07, 6.45) is 1.62. The van der Waals surface area contributed by atoms with Gasteiger partial charge in [-0.1, -0.05) is 29.0 Å². The molecule has 2 heterocycles. The summed E-state index contributed by atoms with van der Waals surface area (Å²) in [5, 5.41) is 8.52. The Morgan fingerprint density at radius 3 is 2.95 bits per heavy atom. The molecule has 3 aromatic rings. The highest BCUT2D eigenvalue weighted by atomic mass is 35.5. The van der Waals surface area contributed by atoms with E-state index in [4.69, 9.17) is 11.6 Å². The Hall–Kier alpha value is -1.92. The molecule has 1 N–H and O–H groups in total. The van der Waals surface area contributed by atoms with E-state index in [2.05, 4.69) is 15.4 Å². The van der Waals surface area contributed by atoms with Crippen molar-refractivity contribution in [2.24, 2.45) is 0 Å². The molecule has 0 unspecified atom stereocenters. The van der Waals surface area contributed by atoms with Crippen molar-refractivity contribution < 1.29 is 4.79 Å². The van der Waals surface area contributed by atoms with Crippen molar-refractivity contribution in [2.75, 3.05) is 5.32 Å². The van der Waals surface area contributed by atoms with Crippen molar-refractivity contribution in [1.82, 2.24) is 14.6 Å². The molecule has 0 bridgehead atoms. The Bertz CT molecular complexity index is 776. The topological polar surface area (TPSA) is 59.3 Å². The molecule has 0 atom stereocenters. The van der Waals surface area contributed by atoms with Crippen LogP contribution in [0.3, 0.4) is 0 Å².